The van der Waals surface area contributed by atoms with E-state index in [0.29, 0.717) is 11.4 Å². The number of pyridine rings is 1. The predicted octanol–water partition coefficient (Wildman–Crippen LogP) is 1.02. The second-order valence-electron chi connectivity index (χ2n) is 7.69. The normalized spacial score (nSPS) is 20.5. The van der Waals surface area contributed by atoms with Crippen LogP contribution in [0.5, 0.6) is 5.88 Å². The van der Waals surface area contributed by atoms with Gasteiger partial charge in [-0.2, -0.15) is 0 Å². The van der Waals surface area contributed by atoms with Gasteiger partial charge in [0.05, 0.1) is 6.10 Å². The monoisotopic (exact) mass is 396 g/mol. The van der Waals surface area contributed by atoms with Crippen LogP contribution in [0.3, 0.4) is 0 Å². The molecule has 2 atom stereocenters. The van der Waals surface area contributed by atoms with Gasteiger partial charge in [-0.3, -0.25) is 4.79 Å². The van der Waals surface area contributed by atoms with E-state index in [9.17, 15) is 9.90 Å². The summed E-state index contributed by atoms with van der Waals surface area (Å²) in [6, 6.07) is 11.5. The molecule has 1 amide bonds. The summed E-state index contributed by atoms with van der Waals surface area (Å²) in [6.45, 7) is 2.78. The van der Waals surface area contributed by atoms with Crippen molar-refractivity contribution in [3.05, 3.63) is 59.3 Å². The van der Waals surface area contributed by atoms with Gasteiger partial charge >= 0.3 is 0 Å². The van der Waals surface area contributed by atoms with Crippen LogP contribution in [0.1, 0.15) is 34.3 Å². The number of aliphatic hydroxyl groups is 1. The van der Waals surface area contributed by atoms with Crippen LogP contribution in [0.4, 0.5) is 0 Å². The van der Waals surface area contributed by atoms with Gasteiger partial charge in [-0.05, 0) is 49.5 Å². The predicted molar refractivity (Wildman–Crippen MR) is 110 cm³/mol. The number of piperidine rings is 1. The fourth-order valence-corrected chi connectivity index (χ4v) is 3.89. The number of hydrogen-bond acceptors (Lipinski definition) is 6. The highest BCUT2D eigenvalue weighted by atomic mass is 16.5. The van der Waals surface area contributed by atoms with Crippen molar-refractivity contribution < 1.29 is 14.6 Å². The van der Waals surface area contributed by atoms with E-state index in [1.54, 1.807) is 18.3 Å². The van der Waals surface area contributed by atoms with E-state index in [1.807, 2.05) is 12.1 Å². The van der Waals surface area contributed by atoms with Crippen LogP contribution in [0.2, 0.25) is 0 Å². The molecule has 0 unspecified atom stereocenters. The third kappa shape index (κ3) is 5.12. The standard InChI is InChI=1S/C22H28N4O3/c27-20(19-11-15-3-1-2-4-17(15)13-25-19)14-26-22(28)16-5-10-24-21(12-16)29-18-6-8-23-9-7-18/h1-5,10,12,18-20,23,25,27H,6-9,11,13-14H2,(H,26,28)/t19-,20+/m0/s1. The molecule has 7 nitrogen and oxygen atoms in total. The molecule has 1 aromatic heterocycles. The Bertz CT molecular complexity index is 838. The molecule has 0 radical (unpaired) electrons. The highest BCUT2D eigenvalue weighted by molar-refractivity contribution is 5.94. The first-order valence-corrected chi connectivity index (χ1v) is 10.3. The number of nitrogens with one attached hydrogen (secondary N) is 3. The summed E-state index contributed by atoms with van der Waals surface area (Å²) in [5.74, 6) is 0.230. The highest BCUT2D eigenvalue weighted by Crippen LogP contribution is 2.18. The summed E-state index contributed by atoms with van der Waals surface area (Å²) in [7, 11) is 0. The van der Waals surface area contributed by atoms with E-state index in [0.717, 1.165) is 38.9 Å². The molecule has 3 heterocycles. The number of benzene rings is 1. The van der Waals surface area contributed by atoms with E-state index in [-0.39, 0.29) is 24.6 Å². The number of aromatic nitrogens is 1. The van der Waals surface area contributed by atoms with Crippen LogP contribution in [0, 0.1) is 0 Å². The Morgan fingerprint density at radius 1 is 1.24 bits per heavy atom. The number of carbonyl (C=O) groups excluding carboxylic acids is 1. The summed E-state index contributed by atoms with van der Waals surface area (Å²) >= 11 is 0. The maximum Gasteiger partial charge on any atom is 0.251 e. The number of carbonyl (C=O) groups is 1. The van der Waals surface area contributed by atoms with Gasteiger partial charge in [-0.15, -0.1) is 0 Å². The minimum absolute atomic E-state index is 0.0820. The third-order valence-electron chi connectivity index (χ3n) is 5.62. The minimum atomic E-state index is -0.667. The molecule has 0 spiro atoms. The first-order chi connectivity index (χ1) is 14.2. The first-order valence-electron chi connectivity index (χ1n) is 10.3. The molecule has 7 heteroatoms. The van der Waals surface area contributed by atoms with Crippen LogP contribution in [-0.2, 0) is 13.0 Å². The van der Waals surface area contributed by atoms with Crippen molar-refractivity contribution in [2.75, 3.05) is 19.6 Å². The van der Waals surface area contributed by atoms with E-state index in [2.05, 4.69) is 33.1 Å². The van der Waals surface area contributed by atoms with Crippen molar-refractivity contribution in [2.45, 2.75) is 44.1 Å². The van der Waals surface area contributed by atoms with Crippen molar-refractivity contribution in [1.82, 2.24) is 20.9 Å². The van der Waals surface area contributed by atoms with Crippen LogP contribution in [0.15, 0.2) is 42.6 Å². The number of nitrogens with zero attached hydrogens (tertiary/aromatic N) is 1. The minimum Gasteiger partial charge on any atom is -0.474 e. The number of hydrogen-bond donors (Lipinski definition) is 4. The largest absolute Gasteiger partial charge is 0.474 e. The van der Waals surface area contributed by atoms with Gasteiger partial charge in [0.25, 0.3) is 5.91 Å². The van der Waals surface area contributed by atoms with Crippen LogP contribution >= 0.6 is 0 Å². The average Bonchev–Trinajstić information content (AvgIpc) is 2.77. The number of amides is 1. The molecule has 2 aliphatic heterocycles. The quantitative estimate of drug-likeness (QED) is 0.582. The molecule has 2 aromatic rings. The molecule has 0 aliphatic carbocycles. The summed E-state index contributed by atoms with van der Waals surface area (Å²) in [6.07, 6.45) is 3.66. The maximum atomic E-state index is 12.5. The molecule has 4 N–H and O–H groups in total. The summed E-state index contributed by atoms with van der Waals surface area (Å²) in [4.78, 5) is 16.8. The Kier molecular flexibility index (Phi) is 6.39. The van der Waals surface area contributed by atoms with Gasteiger partial charge in [0.1, 0.15) is 6.10 Å². The van der Waals surface area contributed by atoms with Crippen molar-refractivity contribution in [3.8, 4) is 5.88 Å². The van der Waals surface area contributed by atoms with Gasteiger partial charge in [0, 0.05) is 37.0 Å². The number of fused-ring (bicyclic) bond motifs is 1. The molecule has 29 heavy (non-hydrogen) atoms. The van der Waals surface area contributed by atoms with Gasteiger partial charge in [0.15, 0.2) is 0 Å². The maximum absolute atomic E-state index is 12.5. The molecule has 4 rings (SSSR count). The fourth-order valence-electron chi connectivity index (χ4n) is 3.89. The molecule has 1 aromatic carbocycles. The SMILES string of the molecule is O=C(NC[C@@H](O)[C@@H]1Cc2ccccc2CN1)c1ccnc(OC2CCNCC2)c1. The second kappa shape index (κ2) is 9.35. The Labute approximate surface area is 170 Å². The summed E-state index contributed by atoms with van der Waals surface area (Å²) in [5, 5.41) is 20.0. The molecule has 2 aliphatic rings. The molecule has 1 fully saturated rings. The Morgan fingerprint density at radius 3 is 2.86 bits per heavy atom. The third-order valence-corrected chi connectivity index (χ3v) is 5.62. The van der Waals surface area contributed by atoms with E-state index in [4.69, 9.17) is 4.74 Å². The van der Waals surface area contributed by atoms with E-state index < -0.39 is 6.10 Å². The van der Waals surface area contributed by atoms with Gasteiger partial charge in [0.2, 0.25) is 5.88 Å². The fraction of sp³-hybridized carbons (Fsp3) is 0.455. The van der Waals surface area contributed by atoms with Crippen molar-refractivity contribution in [2.24, 2.45) is 0 Å². The van der Waals surface area contributed by atoms with Gasteiger partial charge in [-0.25, -0.2) is 4.98 Å². The lowest BCUT2D eigenvalue weighted by atomic mass is 9.93. The lowest BCUT2D eigenvalue weighted by Crippen LogP contribution is -2.49. The van der Waals surface area contributed by atoms with Crippen molar-refractivity contribution in [1.29, 1.82) is 0 Å². The first kappa shape index (κ1) is 19.8. The number of rotatable bonds is 6. The lowest BCUT2D eigenvalue weighted by Gasteiger charge is -2.30. The van der Waals surface area contributed by atoms with E-state index in [1.165, 1.54) is 11.1 Å². The average molecular weight is 396 g/mol. The van der Waals surface area contributed by atoms with E-state index >= 15 is 0 Å². The Morgan fingerprint density at radius 2 is 2.03 bits per heavy atom. The molecule has 0 bridgehead atoms. The highest BCUT2D eigenvalue weighted by Gasteiger charge is 2.24. The topological polar surface area (TPSA) is 95.5 Å². The summed E-state index contributed by atoms with van der Waals surface area (Å²) < 4.78 is 5.91. The van der Waals surface area contributed by atoms with Gasteiger partial charge in [-0.1, -0.05) is 24.3 Å². The smallest absolute Gasteiger partial charge is 0.251 e. The molecule has 1 saturated heterocycles. The molecule has 0 saturated carbocycles. The lowest BCUT2D eigenvalue weighted by molar-refractivity contribution is 0.0868. The van der Waals surface area contributed by atoms with Crippen LogP contribution in [0.25, 0.3) is 0 Å². The zero-order valence-electron chi connectivity index (χ0n) is 16.4. The zero-order valence-corrected chi connectivity index (χ0v) is 16.4. The Hall–Kier alpha value is -2.48. The molecular weight excluding hydrogens is 368 g/mol. The zero-order chi connectivity index (χ0) is 20.1. The number of ether oxygens (including phenoxy) is 1. The van der Waals surface area contributed by atoms with Crippen LogP contribution in [-0.4, -0.2) is 53.9 Å². The second-order valence-corrected chi connectivity index (χ2v) is 7.69. The summed E-state index contributed by atoms with van der Waals surface area (Å²) in [5.41, 5.74) is 2.99. The molecular formula is C22H28N4O3. The van der Waals surface area contributed by atoms with Crippen molar-refractivity contribution in [3.63, 3.8) is 0 Å². The number of aliphatic hydroxyl groups excluding tert-OH is 1. The van der Waals surface area contributed by atoms with Crippen LogP contribution < -0.4 is 20.7 Å². The Balaban J connectivity index is 1.30. The van der Waals surface area contributed by atoms with Crippen molar-refractivity contribution >= 4 is 5.91 Å². The van der Waals surface area contributed by atoms with Gasteiger partial charge < -0.3 is 25.8 Å². The molecule has 154 valence electrons.